The Bertz CT molecular complexity index is 1330. The third-order valence-corrected chi connectivity index (χ3v) is 6.34. The quantitative estimate of drug-likeness (QED) is 0.332. The van der Waals surface area contributed by atoms with Crippen LogP contribution in [0.5, 0.6) is 0 Å². The number of thiophene rings is 1. The number of nitrogen functional groups attached to an aromatic ring is 1. The second-order valence-corrected chi connectivity index (χ2v) is 8.88. The predicted molar refractivity (Wildman–Crippen MR) is 136 cm³/mol. The number of amides is 1. The van der Waals surface area contributed by atoms with Crippen molar-refractivity contribution < 1.29 is 18.4 Å². The van der Waals surface area contributed by atoms with Crippen LogP contribution >= 0.6 is 11.3 Å². The minimum Gasteiger partial charge on any atom is -0.383 e. The van der Waals surface area contributed by atoms with Crippen molar-refractivity contribution in [3.05, 3.63) is 93.8 Å². The molecular weight excluding hydrogens is 468 g/mol. The molecule has 1 atom stereocenters. The number of nitrogens with zero attached hydrogens (tertiary/aromatic N) is 1. The number of fused-ring (bicyclic) bond motifs is 1. The monoisotopic (exact) mass is 495 g/mol. The topological polar surface area (TPSA) is 85.1 Å². The highest BCUT2D eigenvalue weighted by Crippen LogP contribution is 2.21. The zero-order valence-electron chi connectivity index (χ0n) is 18.3. The van der Waals surface area contributed by atoms with E-state index in [1.807, 2.05) is 41.1 Å². The minimum atomic E-state index is -0.988. The van der Waals surface area contributed by atoms with Gasteiger partial charge in [0.15, 0.2) is 17.4 Å². The molecule has 0 fully saturated rings. The maximum absolute atomic E-state index is 13.7. The van der Waals surface area contributed by atoms with Crippen LogP contribution in [-0.2, 0) is 28.9 Å². The molecule has 2 aromatic carbocycles. The van der Waals surface area contributed by atoms with Crippen molar-refractivity contribution in [1.82, 2.24) is 10.3 Å². The molecule has 0 aliphatic heterocycles. The van der Waals surface area contributed by atoms with Crippen molar-refractivity contribution in [2.75, 3.05) is 5.73 Å². The zero-order valence-corrected chi connectivity index (χ0v) is 19.1. The highest BCUT2D eigenvalue weighted by atomic mass is 32.1. The number of hydrogen-bond donors (Lipinski definition) is 2. The number of nitrogens with one attached hydrogen (secondary N) is 1. The molecule has 4 rings (SSSR count). The van der Waals surface area contributed by atoms with Gasteiger partial charge in [0.2, 0.25) is 5.91 Å². The fourth-order valence-corrected chi connectivity index (χ4v) is 4.49. The average molecular weight is 496 g/mol. The lowest BCUT2D eigenvalue weighted by Crippen LogP contribution is -2.43. The van der Waals surface area contributed by atoms with E-state index < -0.39 is 17.7 Å². The van der Waals surface area contributed by atoms with E-state index in [4.69, 9.17) is 5.73 Å². The lowest BCUT2D eigenvalue weighted by Gasteiger charge is -2.18. The van der Waals surface area contributed by atoms with Crippen molar-refractivity contribution in [1.29, 1.82) is 0 Å². The van der Waals surface area contributed by atoms with Crippen LogP contribution in [0, 0.1) is 11.6 Å². The summed E-state index contributed by atoms with van der Waals surface area (Å²) >= 11 is 1.48. The lowest BCUT2D eigenvalue weighted by atomic mass is 9.96. The molecule has 2 aromatic heterocycles. The molecule has 0 radical (unpaired) electrons. The number of Topliss-reactive ketones (excluding diaryl/α,β-unsaturated/α-hetero) is 1. The Hall–Kier alpha value is -3.65. The van der Waals surface area contributed by atoms with Crippen molar-refractivity contribution in [3.63, 3.8) is 0 Å². The first-order valence-electron chi connectivity index (χ1n) is 10.8. The van der Waals surface area contributed by atoms with E-state index in [0.717, 1.165) is 34.0 Å². The number of benzene rings is 2. The average Bonchev–Trinajstić information content (AvgIpc) is 3.32. The van der Waals surface area contributed by atoms with Gasteiger partial charge < -0.3 is 11.1 Å². The van der Waals surface area contributed by atoms with E-state index in [1.54, 1.807) is 6.20 Å². The number of hydrogen-bond acceptors (Lipinski definition) is 5. The molecule has 5 nitrogen and oxygen atoms in total. The first-order valence-corrected chi connectivity index (χ1v) is 11.7. The first-order chi connectivity index (χ1) is 16.4. The standard InChI is InChI=1S/C26H23F2N3O2S.CH4/c27-21-5-2-17(12-22(21)28)13-23(31-25(33)14-18-8-10-34-15-18)24(32)6-3-16-1-4-20-19(11-16)7-9-30-26(20)29;/h1-2,4-5,7-12,15,23H,3,6,13-14H2,(H2,29,30)(H,31,33);1H4/t23-;/m0./s1. The van der Waals surface area contributed by atoms with Crippen molar-refractivity contribution in [2.45, 2.75) is 39.2 Å². The van der Waals surface area contributed by atoms with Gasteiger partial charge in [0.1, 0.15) is 5.82 Å². The van der Waals surface area contributed by atoms with E-state index in [-0.39, 0.29) is 38.4 Å². The molecule has 35 heavy (non-hydrogen) atoms. The SMILES string of the molecule is C.Nc1nccc2cc(CCC(=O)[C@H](Cc3ccc(F)c(F)c3)NC(=O)Cc3ccsc3)ccc12. The number of halogens is 2. The van der Waals surface area contributed by atoms with Crippen LogP contribution in [0.4, 0.5) is 14.6 Å². The molecule has 2 heterocycles. The molecule has 0 bridgehead atoms. The van der Waals surface area contributed by atoms with Crippen LogP contribution in [0.3, 0.4) is 0 Å². The first kappa shape index (κ1) is 26.0. The number of nitrogens with two attached hydrogens (primary N) is 1. The summed E-state index contributed by atoms with van der Waals surface area (Å²) in [5, 5.41) is 8.30. The van der Waals surface area contributed by atoms with Gasteiger partial charge in [0.25, 0.3) is 0 Å². The Morgan fingerprint density at radius 3 is 2.54 bits per heavy atom. The Morgan fingerprint density at radius 2 is 1.80 bits per heavy atom. The molecule has 1 amide bonds. The summed E-state index contributed by atoms with van der Waals surface area (Å²) < 4.78 is 27.0. The van der Waals surface area contributed by atoms with Crippen LogP contribution in [0.15, 0.2) is 65.5 Å². The van der Waals surface area contributed by atoms with Gasteiger partial charge >= 0.3 is 0 Å². The second-order valence-electron chi connectivity index (χ2n) is 8.10. The maximum atomic E-state index is 13.7. The number of pyridine rings is 1. The molecule has 0 aliphatic rings. The molecule has 0 aliphatic carbocycles. The van der Waals surface area contributed by atoms with Crippen molar-refractivity contribution in [2.24, 2.45) is 0 Å². The Kier molecular flexibility index (Phi) is 8.65. The number of aryl methyl sites for hydroxylation is 1. The summed E-state index contributed by atoms with van der Waals surface area (Å²) in [7, 11) is 0. The number of anilines is 1. The predicted octanol–water partition coefficient (Wildman–Crippen LogP) is 5.26. The van der Waals surface area contributed by atoms with Gasteiger partial charge in [-0.15, -0.1) is 0 Å². The van der Waals surface area contributed by atoms with Crippen LogP contribution in [0.1, 0.15) is 30.5 Å². The molecular formula is C27H27F2N3O2S. The summed E-state index contributed by atoms with van der Waals surface area (Å²) in [6, 6.07) is 12.1. The van der Waals surface area contributed by atoms with Gasteiger partial charge in [0.05, 0.1) is 12.5 Å². The largest absolute Gasteiger partial charge is 0.383 e. The smallest absolute Gasteiger partial charge is 0.225 e. The van der Waals surface area contributed by atoms with Crippen molar-refractivity contribution >= 4 is 39.6 Å². The molecule has 0 saturated heterocycles. The van der Waals surface area contributed by atoms with Crippen LogP contribution in [0.2, 0.25) is 0 Å². The maximum Gasteiger partial charge on any atom is 0.225 e. The number of ketones is 1. The van der Waals surface area contributed by atoms with Gasteiger partial charge in [-0.05, 0) is 69.9 Å². The van der Waals surface area contributed by atoms with E-state index in [9.17, 15) is 18.4 Å². The van der Waals surface area contributed by atoms with Crippen LogP contribution in [0.25, 0.3) is 10.8 Å². The number of aromatic nitrogens is 1. The summed E-state index contributed by atoms with van der Waals surface area (Å²) in [5.41, 5.74) is 8.13. The highest BCUT2D eigenvalue weighted by molar-refractivity contribution is 7.08. The van der Waals surface area contributed by atoms with E-state index >= 15 is 0 Å². The molecule has 0 spiro atoms. The summed E-state index contributed by atoms with van der Waals surface area (Å²) in [6.07, 6.45) is 2.49. The summed E-state index contributed by atoms with van der Waals surface area (Å²) in [4.78, 5) is 29.8. The van der Waals surface area contributed by atoms with E-state index in [1.165, 1.54) is 17.4 Å². The van der Waals surface area contributed by atoms with Crippen LogP contribution < -0.4 is 11.1 Å². The summed E-state index contributed by atoms with van der Waals surface area (Å²) in [5.74, 6) is -1.98. The Balaban J connectivity index is 0.00000342. The lowest BCUT2D eigenvalue weighted by molar-refractivity contribution is -0.127. The molecule has 0 saturated carbocycles. The van der Waals surface area contributed by atoms with Crippen molar-refractivity contribution in [3.8, 4) is 0 Å². The van der Waals surface area contributed by atoms with Crippen LogP contribution in [-0.4, -0.2) is 22.7 Å². The van der Waals surface area contributed by atoms with Gasteiger partial charge in [0, 0.05) is 18.0 Å². The third kappa shape index (κ3) is 6.70. The van der Waals surface area contributed by atoms with Gasteiger partial charge in [-0.2, -0.15) is 11.3 Å². The molecule has 3 N–H and O–H groups in total. The second kappa shape index (κ2) is 11.7. The van der Waals surface area contributed by atoms with E-state index in [0.29, 0.717) is 17.8 Å². The fraction of sp³-hybridized carbons (Fsp3) is 0.222. The summed E-state index contributed by atoms with van der Waals surface area (Å²) in [6.45, 7) is 0. The van der Waals surface area contributed by atoms with Gasteiger partial charge in [-0.1, -0.05) is 31.7 Å². The molecule has 0 unspecified atom stereocenters. The van der Waals surface area contributed by atoms with E-state index in [2.05, 4.69) is 10.3 Å². The van der Waals surface area contributed by atoms with Gasteiger partial charge in [-0.3, -0.25) is 9.59 Å². The third-order valence-electron chi connectivity index (χ3n) is 5.61. The zero-order chi connectivity index (χ0) is 24.1. The Morgan fingerprint density at radius 1 is 1.00 bits per heavy atom. The normalized spacial score (nSPS) is 11.6. The molecule has 182 valence electrons. The number of carbonyl (C=O) groups excluding carboxylic acids is 2. The van der Waals surface area contributed by atoms with Gasteiger partial charge in [-0.25, -0.2) is 13.8 Å². The molecule has 8 heteroatoms. The number of rotatable bonds is 9. The molecule has 4 aromatic rings. The minimum absolute atomic E-state index is 0. The fourth-order valence-electron chi connectivity index (χ4n) is 3.82. The Labute approximate surface area is 207 Å². The highest BCUT2D eigenvalue weighted by Gasteiger charge is 2.22. The number of carbonyl (C=O) groups is 2.